The van der Waals surface area contributed by atoms with E-state index < -0.39 is 35.6 Å². The van der Waals surface area contributed by atoms with Crippen molar-refractivity contribution in [2.24, 2.45) is 23.7 Å². The molecule has 2 N–H and O–H groups in total. The summed E-state index contributed by atoms with van der Waals surface area (Å²) in [5, 5.41) is 17.9. The Morgan fingerprint density at radius 2 is 1.19 bits per heavy atom. The topological polar surface area (TPSA) is 109 Å². The third kappa shape index (κ3) is 1.33. The average Bonchev–Trinajstić information content (AvgIpc) is 2.17. The first kappa shape index (κ1) is 10.8. The Balaban J connectivity index is 2.43. The Labute approximate surface area is 90.2 Å². The van der Waals surface area contributed by atoms with E-state index in [1.54, 1.807) is 0 Å². The molecule has 0 aliphatic heterocycles. The van der Waals surface area contributed by atoms with Crippen LogP contribution in [0.25, 0.3) is 0 Å². The molecule has 0 aromatic carbocycles. The number of aliphatic carboxylic acids is 2. The number of carboxylic acid groups (broad SMARTS) is 2. The fourth-order valence-electron chi connectivity index (χ4n) is 2.77. The average molecular weight is 226 g/mol. The van der Waals surface area contributed by atoms with Gasteiger partial charge >= 0.3 is 11.9 Å². The zero-order chi connectivity index (χ0) is 12.0. The molecule has 3 aliphatic rings. The Morgan fingerprint density at radius 3 is 1.44 bits per heavy atom. The van der Waals surface area contributed by atoms with Gasteiger partial charge in [0.2, 0.25) is 0 Å². The second kappa shape index (κ2) is 3.40. The summed E-state index contributed by atoms with van der Waals surface area (Å²) in [4.78, 5) is 44.9. The highest BCUT2D eigenvalue weighted by Crippen LogP contribution is 2.45. The lowest BCUT2D eigenvalue weighted by atomic mass is 9.57. The molecule has 3 aliphatic carbocycles. The van der Waals surface area contributed by atoms with Crippen LogP contribution in [-0.4, -0.2) is 33.7 Å². The lowest BCUT2D eigenvalue weighted by Gasteiger charge is -2.42. The summed E-state index contributed by atoms with van der Waals surface area (Å²) in [6.45, 7) is 0. The van der Waals surface area contributed by atoms with Gasteiger partial charge in [0.05, 0.1) is 11.8 Å². The molecular formula is C10H10O6. The van der Waals surface area contributed by atoms with Gasteiger partial charge in [0.25, 0.3) is 0 Å². The molecule has 3 saturated carbocycles. The van der Waals surface area contributed by atoms with Gasteiger partial charge in [-0.05, 0) is 0 Å². The highest BCUT2D eigenvalue weighted by Gasteiger charge is 2.57. The van der Waals surface area contributed by atoms with Gasteiger partial charge in [-0.2, -0.15) is 0 Å². The number of rotatable bonds is 2. The number of Topliss-reactive ketones (excluding diaryl/α,β-unsaturated/α-hetero) is 2. The molecule has 3 fully saturated rings. The van der Waals surface area contributed by atoms with Gasteiger partial charge in [-0.25, -0.2) is 0 Å². The predicted octanol–water partition coefficient (Wildman–Crippen LogP) is -0.434. The monoisotopic (exact) mass is 226 g/mol. The highest BCUT2D eigenvalue weighted by atomic mass is 16.4. The standard InChI is InChI=1S/C10H10O6/c11-5-1-3-6(12)2-4(5)8(10(15)16)7(3)9(13)14/h3-4,7-8H,1-2H2,(H,13,14)(H,15,16)/t3-,4-,7-,8-/m1/s1. The van der Waals surface area contributed by atoms with Crippen LogP contribution >= 0.6 is 0 Å². The molecule has 0 spiro atoms. The van der Waals surface area contributed by atoms with Gasteiger partial charge in [-0.3, -0.25) is 19.2 Å². The zero-order valence-electron chi connectivity index (χ0n) is 8.25. The van der Waals surface area contributed by atoms with Gasteiger partial charge < -0.3 is 10.2 Å². The number of carbonyl (C=O) groups excluding carboxylic acids is 2. The lowest BCUT2D eigenvalue weighted by Crippen LogP contribution is -2.55. The Bertz CT molecular complexity index is 360. The highest BCUT2D eigenvalue weighted by molar-refractivity contribution is 6.04. The quantitative estimate of drug-likeness (QED) is 0.661. The van der Waals surface area contributed by atoms with Gasteiger partial charge in [0.15, 0.2) is 0 Å². The van der Waals surface area contributed by atoms with E-state index in [1.165, 1.54) is 0 Å². The van der Waals surface area contributed by atoms with E-state index in [0.717, 1.165) is 0 Å². The van der Waals surface area contributed by atoms with E-state index in [2.05, 4.69) is 0 Å². The lowest BCUT2D eigenvalue weighted by molar-refractivity contribution is -0.172. The maximum Gasteiger partial charge on any atom is 0.308 e. The maximum atomic E-state index is 11.5. The Morgan fingerprint density at radius 1 is 0.875 bits per heavy atom. The molecule has 0 unspecified atom stereocenters. The molecule has 2 bridgehead atoms. The maximum absolute atomic E-state index is 11.5. The summed E-state index contributed by atoms with van der Waals surface area (Å²) in [5.41, 5.74) is 0. The van der Waals surface area contributed by atoms with E-state index in [9.17, 15) is 19.2 Å². The van der Waals surface area contributed by atoms with E-state index in [0.29, 0.717) is 0 Å². The van der Waals surface area contributed by atoms with Crippen LogP contribution in [-0.2, 0) is 19.2 Å². The van der Waals surface area contributed by atoms with Crippen molar-refractivity contribution in [1.82, 2.24) is 0 Å². The van der Waals surface area contributed by atoms with E-state index >= 15 is 0 Å². The van der Waals surface area contributed by atoms with Crippen LogP contribution in [0.2, 0.25) is 0 Å². The first-order valence-corrected chi connectivity index (χ1v) is 4.94. The van der Waals surface area contributed by atoms with E-state index in [1.807, 2.05) is 0 Å². The molecule has 0 aromatic heterocycles. The minimum atomic E-state index is -1.30. The van der Waals surface area contributed by atoms with Crippen molar-refractivity contribution in [2.45, 2.75) is 12.8 Å². The van der Waals surface area contributed by atoms with Crippen LogP contribution in [0.4, 0.5) is 0 Å². The summed E-state index contributed by atoms with van der Waals surface area (Å²) in [5.74, 6) is -7.59. The van der Waals surface area contributed by atoms with Crippen LogP contribution < -0.4 is 0 Å². The molecule has 86 valence electrons. The SMILES string of the molecule is O=C(O)[C@H]1[C@H](C(=O)O)[C@@H]2CC(=O)[C@H]1CC2=O. The Kier molecular flexibility index (Phi) is 2.29. The first-order valence-electron chi connectivity index (χ1n) is 4.94. The molecule has 0 aromatic rings. The molecule has 0 heterocycles. The summed E-state index contributed by atoms with van der Waals surface area (Å²) >= 11 is 0. The normalized spacial score (nSPS) is 37.5. The molecule has 6 heteroatoms. The van der Waals surface area contributed by atoms with Gasteiger partial charge in [0, 0.05) is 24.7 Å². The number of hydrogen-bond donors (Lipinski definition) is 2. The summed E-state index contributed by atoms with van der Waals surface area (Å²) in [7, 11) is 0. The van der Waals surface area contributed by atoms with Crippen molar-refractivity contribution < 1.29 is 29.4 Å². The van der Waals surface area contributed by atoms with Crippen molar-refractivity contribution in [1.29, 1.82) is 0 Å². The first-order chi connectivity index (χ1) is 7.43. The van der Waals surface area contributed by atoms with Crippen molar-refractivity contribution in [2.75, 3.05) is 0 Å². The molecule has 6 nitrogen and oxygen atoms in total. The van der Waals surface area contributed by atoms with Crippen molar-refractivity contribution in [3.05, 3.63) is 0 Å². The second-order valence-corrected chi connectivity index (χ2v) is 4.28. The molecular weight excluding hydrogens is 216 g/mol. The minimum absolute atomic E-state index is 0.121. The molecule has 0 saturated heterocycles. The number of carbonyl (C=O) groups is 4. The molecule has 0 amide bonds. The van der Waals surface area contributed by atoms with Crippen molar-refractivity contribution >= 4 is 23.5 Å². The summed E-state index contributed by atoms with van der Waals surface area (Å²) < 4.78 is 0. The zero-order valence-corrected chi connectivity index (χ0v) is 8.25. The summed E-state index contributed by atoms with van der Waals surface area (Å²) in [6, 6.07) is 0. The molecule has 3 rings (SSSR count). The van der Waals surface area contributed by atoms with Crippen LogP contribution in [0, 0.1) is 23.7 Å². The van der Waals surface area contributed by atoms with Gasteiger partial charge in [-0.15, -0.1) is 0 Å². The van der Waals surface area contributed by atoms with Crippen molar-refractivity contribution in [3.63, 3.8) is 0 Å². The molecule has 16 heavy (non-hydrogen) atoms. The molecule has 4 atom stereocenters. The molecule has 0 radical (unpaired) electrons. The third-order valence-electron chi connectivity index (χ3n) is 3.49. The van der Waals surface area contributed by atoms with Crippen LogP contribution in [0.5, 0.6) is 0 Å². The van der Waals surface area contributed by atoms with Crippen molar-refractivity contribution in [3.8, 4) is 0 Å². The van der Waals surface area contributed by atoms with E-state index in [-0.39, 0.29) is 24.4 Å². The van der Waals surface area contributed by atoms with Crippen LogP contribution in [0.1, 0.15) is 12.8 Å². The van der Waals surface area contributed by atoms with Gasteiger partial charge in [-0.1, -0.05) is 0 Å². The number of hydrogen-bond acceptors (Lipinski definition) is 4. The number of carboxylic acids is 2. The Hall–Kier alpha value is -1.72. The van der Waals surface area contributed by atoms with Gasteiger partial charge in [0.1, 0.15) is 11.6 Å². The number of fused-ring (bicyclic) bond motifs is 3. The third-order valence-corrected chi connectivity index (χ3v) is 3.49. The summed E-state index contributed by atoms with van der Waals surface area (Å²) in [6.07, 6.45) is -0.242. The fourth-order valence-corrected chi connectivity index (χ4v) is 2.77. The van der Waals surface area contributed by atoms with Crippen LogP contribution in [0.3, 0.4) is 0 Å². The second-order valence-electron chi connectivity index (χ2n) is 4.28. The fraction of sp³-hybridized carbons (Fsp3) is 0.600. The minimum Gasteiger partial charge on any atom is -0.481 e. The smallest absolute Gasteiger partial charge is 0.308 e. The largest absolute Gasteiger partial charge is 0.481 e. The predicted molar refractivity (Wildman–Crippen MR) is 48.5 cm³/mol. The number of ketones is 2. The van der Waals surface area contributed by atoms with Crippen LogP contribution in [0.15, 0.2) is 0 Å². The van der Waals surface area contributed by atoms with E-state index in [4.69, 9.17) is 10.2 Å².